The van der Waals surface area contributed by atoms with Gasteiger partial charge in [0.25, 0.3) is 0 Å². The van der Waals surface area contributed by atoms with E-state index in [4.69, 9.17) is 4.74 Å². The van der Waals surface area contributed by atoms with Gasteiger partial charge in [0, 0.05) is 6.04 Å². The number of amides is 1. The fourth-order valence-electron chi connectivity index (χ4n) is 2.19. The highest BCUT2D eigenvalue weighted by atomic mass is 16.5. The van der Waals surface area contributed by atoms with Gasteiger partial charge in [0.1, 0.15) is 6.61 Å². The Balaban J connectivity index is 2.03. The second-order valence-electron chi connectivity index (χ2n) is 4.97. The minimum atomic E-state index is 0.0138. The summed E-state index contributed by atoms with van der Waals surface area (Å²) in [5.41, 5.74) is 0. The lowest BCUT2D eigenvalue weighted by atomic mass is 9.99. The van der Waals surface area contributed by atoms with Crippen LogP contribution in [0.3, 0.4) is 0 Å². The zero-order valence-electron chi connectivity index (χ0n) is 11.1. The Labute approximate surface area is 104 Å². The van der Waals surface area contributed by atoms with Crippen LogP contribution in [0.2, 0.25) is 0 Å². The highest BCUT2D eigenvalue weighted by molar-refractivity contribution is 5.77. The SMILES string of the molecule is CCCC(C)NC(=O)COCC1CCNCC1. The summed E-state index contributed by atoms with van der Waals surface area (Å²) in [5.74, 6) is 0.636. The smallest absolute Gasteiger partial charge is 0.246 e. The molecular weight excluding hydrogens is 216 g/mol. The van der Waals surface area contributed by atoms with Gasteiger partial charge < -0.3 is 15.4 Å². The Bertz CT molecular complexity index is 215. The Morgan fingerprint density at radius 1 is 1.47 bits per heavy atom. The van der Waals surface area contributed by atoms with Crippen molar-refractivity contribution in [1.29, 1.82) is 0 Å². The minimum absolute atomic E-state index is 0.0138. The Morgan fingerprint density at radius 2 is 2.18 bits per heavy atom. The van der Waals surface area contributed by atoms with Gasteiger partial charge in [-0.25, -0.2) is 0 Å². The van der Waals surface area contributed by atoms with Crippen LogP contribution in [-0.4, -0.2) is 38.3 Å². The molecule has 4 nitrogen and oxygen atoms in total. The van der Waals surface area contributed by atoms with Crippen molar-refractivity contribution in [2.75, 3.05) is 26.3 Å². The molecule has 0 bridgehead atoms. The van der Waals surface area contributed by atoms with Crippen LogP contribution < -0.4 is 10.6 Å². The number of piperidine rings is 1. The molecule has 0 aromatic heterocycles. The van der Waals surface area contributed by atoms with Crippen LogP contribution in [0, 0.1) is 5.92 Å². The fraction of sp³-hybridized carbons (Fsp3) is 0.923. The lowest BCUT2D eigenvalue weighted by molar-refractivity contribution is -0.126. The standard InChI is InChI=1S/C13H26N2O2/c1-3-4-11(2)15-13(16)10-17-9-12-5-7-14-8-6-12/h11-12,14H,3-10H2,1-2H3,(H,15,16). The van der Waals surface area contributed by atoms with Gasteiger partial charge in [0.15, 0.2) is 0 Å². The van der Waals surface area contributed by atoms with Crippen molar-refractivity contribution in [3.8, 4) is 0 Å². The molecule has 4 heteroatoms. The molecule has 0 aliphatic carbocycles. The third-order valence-corrected chi connectivity index (χ3v) is 3.17. The van der Waals surface area contributed by atoms with E-state index in [0.29, 0.717) is 5.92 Å². The molecule has 17 heavy (non-hydrogen) atoms. The van der Waals surface area contributed by atoms with Gasteiger partial charge in [0.2, 0.25) is 5.91 Å². The van der Waals surface area contributed by atoms with Crippen molar-refractivity contribution in [1.82, 2.24) is 10.6 Å². The quantitative estimate of drug-likeness (QED) is 0.707. The summed E-state index contributed by atoms with van der Waals surface area (Å²) in [6.45, 7) is 7.24. The molecule has 0 aromatic rings. The number of nitrogens with one attached hydrogen (secondary N) is 2. The maximum absolute atomic E-state index is 11.5. The summed E-state index contributed by atoms with van der Waals surface area (Å²) >= 11 is 0. The molecule has 0 aromatic carbocycles. The Hall–Kier alpha value is -0.610. The van der Waals surface area contributed by atoms with Crippen LogP contribution in [0.15, 0.2) is 0 Å². The first-order chi connectivity index (χ1) is 8.22. The molecule has 1 heterocycles. The molecule has 1 fully saturated rings. The zero-order chi connectivity index (χ0) is 12.5. The molecule has 1 saturated heterocycles. The summed E-state index contributed by atoms with van der Waals surface area (Å²) in [5, 5.41) is 6.26. The summed E-state index contributed by atoms with van der Waals surface area (Å²) < 4.78 is 5.47. The molecule has 0 saturated carbocycles. The largest absolute Gasteiger partial charge is 0.371 e. The predicted octanol–water partition coefficient (Wildman–Crippen LogP) is 1.31. The fourth-order valence-corrected chi connectivity index (χ4v) is 2.19. The number of hydrogen-bond acceptors (Lipinski definition) is 3. The van der Waals surface area contributed by atoms with Crippen molar-refractivity contribution >= 4 is 5.91 Å². The van der Waals surface area contributed by atoms with Crippen LogP contribution in [0.5, 0.6) is 0 Å². The first-order valence-corrected chi connectivity index (χ1v) is 6.80. The zero-order valence-corrected chi connectivity index (χ0v) is 11.1. The van der Waals surface area contributed by atoms with E-state index in [2.05, 4.69) is 17.6 Å². The second kappa shape index (κ2) is 8.48. The first-order valence-electron chi connectivity index (χ1n) is 6.80. The van der Waals surface area contributed by atoms with Crippen molar-refractivity contribution in [2.45, 2.75) is 45.6 Å². The number of carbonyl (C=O) groups is 1. The minimum Gasteiger partial charge on any atom is -0.371 e. The van der Waals surface area contributed by atoms with Gasteiger partial charge in [0.05, 0.1) is 6.61 Å². The second-order valence-corrected chi connectivity index (χ2v) is 4.97. The molecule has 0 spiro atoms. The number of hydrogen-bond donors (Lipinski definition) is 2. The average molecular weight is 242 g/mol. The highest BCUT2D eigenvalue weighted by Gasteiger charge is 2.14. The predicted molar refractivity (Wildman–Crippen MR) is 68.9 cm³/mol. The van der Waals surface area contributed by atoms with Crippen LogP contribution in [0.4, 0.5) is 0 Å². The maximum Gasteiger partial charge on any atom is 0.246 e. The summed E-state index contributed by atoms with van der Waals surface area (Å²) in [7, 11) is 0. The van der Waals surface area contributed by atoms with Gasteiger partial charge in [-0.1, -0.05) is 13.3 Å². The van der Waals surface area contributed by atoms with E-state index in [1.54, 1.807) is 0 Å². The number of ether oxygens (including phenoxy) is 1. The molecule has 1 rings (SSSR count). The third kappa shape index (κ3) is 6.64. The average Bonchev–Trinajstić information content (AvgIpc) is 2.30. The van der Waals surface area contributed by atoms with E-state index >= 15 is 0 Å². The first kappa shape index (κ1) is 14.5. The Morgan fingerprint density at radius 3 is 2.82 bits per heavy atom. The molecule has 2 N–H and O–H groups in total. The molecule has 1 unspecified atom stereocenters. The van der Waals surface area contributed by atoms with Crippen LogP contribution in [-0.2, 0) is 9.53 Å². The maximum atomic E-state index is 11.5. The molecule has 1 atom stereocenters. The molecule has 1 aliphatic rings. The van der Waals surface area contributed by atoms with Crippen molar-refractivity contribution in [2.24, 2.45) is 5.92 Å². The van der Waals surface area contributed by atoms with Gasteiger partial charge in [-0.3, -0.25) is 4.79 Å². The molecule has 0 radical (unpaired) electrons. The molecule has 100 valence electrons. The summed E-state index contributed by atoms with van der Waals surface area (Å²) in [4.78, 5) is 11.5. The molecular formula is C13H26N2O2. The van der Waals surface area contributed by atoms with Crippen molar-refractivity contribution in [3.05, 3.63) is 0 Å². The van der Waals surface area contributed by atoms with E-state index < -0.39 is 0 Å². The number of carbonyl (C=O) groups excluding carboxylic acids is 1. The number of rotatable bonds is 7. The van der Waals surface area contributed by atoms with Crippen molar-refractivity contribution < 1.29 is 9.53 Å². The van der Waals surface area contributed by atoms with E-state index in [0.717, 1.165) is 45.4 Å². The van der Waals surface area contributed by atoms with Crippen LogP contribution >= 0.6 is 0 Å². The summed E-state index contributed by atoms with van der Waals surface area (Å²) in [6, 6.07) is 0.259. The van der Waals surface area contributed by atoms with Gasteiger partial charge in [-0.05, 0) is 45.2 Å². The normalized spacial score (nSPS) is 18.9. The molecule has 1 amide bonds. The third-order valence-electron chi connectivity index (χ3n) is 3.17. The van der Waals surface area contributed by atoms with Gasteiger partial charge in [-0.15, -0.1) is 0 Å². The van der Waals surface area contributed by atoms with E-state index in [1.807, 2.05) is 6.92 Å². The van der Waals surface area contributed by atoms with E-state index in [9.17, 15) is 4.79 Å². The molecule has 1 aliphatic heterocycles. The van der Waals surface area contributed by atoms with Gasteiger partial charge >= 0.3 is 0 Å². The monoisotopic (exact) mass is 242 g/mol. The van der Waals surface area contributed by atoms with Gasteiger partial charge in [-0.2, -0.15) is 0 Å². The Kier molecular flexibility index (Phi) is 7.21. The summed E-state index contributed by atoms with van der Waals surface area (Å²) in [6.07, 6.45) is 4.44. The van der Waals surface area contributed by atoms with Crippen molar-refractivity contribution in [3.63, 3.8) is 0 Å². The highest BCUT2D eigenvalue weighted by Crippen LogP contribution is 2.11. The van der Waals surface area contributed by atoms with Crippen LogP contribution in [0.1, 0.15) is 39.5 Å². The lowest BCUT2D eigenvalue weighted by Gasteiger charge is -2.22. The van der Waals surface area contributed by atoms with Crippen LogP contribution in [0.25, 0.3) is 0 Å². The topological polar surface area (TPSA) is 50.4 Å². The van der Waals surface area contributed by atoms with E-state index in [1.165, 1.54) is 0 Å². The lowest BCUT2D eigenvalue weighted by Crippen LogP contribution is -2.36. The van der Waals surface area contributed by atoms with E-state index in [-0.39, 0.29) is 18.6 Å².